The van der Waals surface area contributed by atoms with Gasteiger partial charge in [-0.15, -0.1) is 12.4 Å². The van der Waals surface area contributed by atoms with Crippen LogP contribution in [0, 0.1) is 0 Å². The molecule has 1 aromatic heterocycles. The Labute approximate surface area is 157 Å². The summed E-state index contributed by atoms with van der Waals surface area (Å²) in [4.78, 5) is 14.1. The number of H-pyrrole nitrogens is 1. The first kappa shape index (κ1) is 20.4. The van der Waals surface area contributed by atoms with Crippen molar-refractivity contribution < 1.29 is 8.42 Å². The van der Waals surface area contributed by atoms with Gasteiger partial charge in [0.15, 0.2) is 0 Å². The molecule has 1 aromatic carbocycles. The molecule has 0 spiro atoms. The van der Waals surface area contributed by atoms with Crippen LogP contribution in [0.15, 0.2) is 27.9 Å². The molecule has 0 saturated carbocycles. The summed E-state index contributed by atoms with van der Waals surface area (Å²) in [5.41, 5.74) is 0.381. The number of hydrogen-bond acceptors (Lipinski definition) is 5. The van der Waals surface area contributed by atoms with Crippen molar-refractivity contribution >= 4 is 44.0 Å². The molecule has 1 fully saturated rings. The zero-order valence-electron chi connectivity index (χ0n) is 14.7. The molecule has 0 radical (unpaired) electrons. The fourth-order valence-electron chi connectivity index (χ4n) is 3.79. The summed E-state index contributed by atoms with van der Waals surface area (Å²) >= 11 is 1.01. The fourth-order valence-corrected chi connectivity index (χ4v) is 5.90. The van der Waals surface area contributed by atoms with E-state index >= 15 is 0 Å². The number of thiazole rings is 1. The number of hydrogen-bond donors (Lipinski definition) is 3. The number of aromatic nitrogens is 1. The van der Waals surface area contributed by atoms with Gasteiger partial charge in [-0.1, -0.05) is 11.3 Å². The highest BCUT2D eigenvalue weighted by Gasteiger charge is 2.39. The van der Waals surface area contributed by atoms with Crippen LogP contribution in [0.25, 0.3) is 10.2 Å². The van der Waals surface area contributed by atoms with E-state index in [1.165, 1.54) is 6.07 Å². The number of benzene rings is 1. The Morgan fingerprint density at radius 1 is 1.16 bits per heavy atom. The van der Waals surface area contributed by atoms with Crippen LogP contribution in [0.1, 0.15) is 40.5 Å². The molecular weight excluding hydrogens is 382 g/mol. The molecule has 140 valence electrons. The van der Waals surface area contributed by atoms with Gasteiger partial charge in [-0.05, 0) is 58.7 Å². The molecule has 1 aliphatic rings. The van der Waals surface area contributed by atoms with Crippen LogP contribution in [0.4, 0.5) is 0 Å². The molecule has 0 atom stereocenters. The van der Waals surface area contributed by atoms with Gasteiger partial charge in [0.2, 0.25) is 10.0 Å². The molecule has 0 amide bonds. The standard InChI is InChI=1S/C16H23N3O3S2.ClH/c1-15(2)8-10(9-16(3,4)19-15)18-24(21,22)11-5-6-12-13(7-11)23-14(20)17-12;/h5-7,10,18-19H,8-9H2,1-4H3,(H,17,20);1H. The van der Waals surface area contributed by atoms with Gasteiger partial charge in [0, 0.05) is 17.1 Å². The summed E-state index contributed by atoms with van der Waals surface area (Å²) in [5.74, 6) is 0. The quantitative estimate of drug-likeness (QED) is 0.731. The maximum Gasteiger partial charge on any atom is 0.305 e. The van der Waals surface area contributed by atoms with Gasteiger partial charge >= 0.3 is 4.87 Å². The van der Waals surface area contributed by atoms with Crippen molar-refractivity contribution in [1.82, 2.24) is 15.0 Å². The minimum Gasteiger partial charge on any atom is -0.312 e. The normalized spacial score (nSPS) is 20.3. The predicted molar refractivity (Wildman–Crippen MR) is 104 cm³/mol. The van der Waals surface area contributed by atoms with E-state index in [1.807, 2.05) is 0 Å². The Kier molecular flexibility index (Phi) is 5.43. The van der Waals surface area contributed by atoms with Gasteiger partial charge in [0.1, 0.15) is 0 Å². The molecule has 3 N–H and O–H groups in total. The fraction of sp³-hybridized carbons (Fsp3) is 0.562. The summed E-state index contributed by atoms with van der Waals surface area (Å²) in [6.45, 7) is 8.33. The van der Waals surface area contributed by atoms with Crippen LogP contribution in [-0.2, 0) is 10.0 Å². The average molecular weight is 406 g/mol. The number of piperidine rings is 1. The maximum atomic E-state index is 12.8. The molecule has 3 rings (SSSR count). The van der Waals surface area contributed by atoms with Crippen molar-refractivity contribution in [2.45, 2.75) is 62.6 Å². The molecule has 2 aromatic rings. The summed E-state index contributed by atoms with van der Waals surface area (Å²) in [6.07, 6.45) is 1.44. The third-order valence-electron chi connectivity index (χ3n) is 4.21. The molecule has 1 aliphatic heterocycles. The highest BCUT2D eigenvalue weighted by Crippen LogP contribution is 2.29. The first-order chi connectivity index (χ1) is 11.0. The van der Waals surface area contributed by atoms with Gasteiger partial charge in [-0.3, -0.25) is 4.79 Å². The van der Waals surface area contributed by atoms with Crippen molar-refractivity contribution in [2.24, 2.45) is 0 Å². The lowest BCUT2D eigenvalue weighted by Crippen LogP contribution is -2.62. The second kappa shape index (κ2) is 6.66. The topological polar surface area (TPSA) is 91.1 Å². The molecule has 2 heterocycles. The average Bonchev–Trinajstić information content (AvgIpc) is 2.72. The lowest BCUT2D eigenvalue weighted by molar-refractivity contribution is 0.157. The second-order valence-electron chi connectivity index (χ2n) is 7.79. The Morgan fingerprint density at radius 2 is 1.76 bits per heavy atom. The number of halogens is 1. The lowest BCUT2D eigenvalue weighted by atomic mass is 9.80. The molecule has 0 bridgehead atoms. The SMILES string of the molecule is CC1(C)CC(NS(=O)(=O)c2ccc3[nH]c(=O)sc3c2)CC(C)(C)N1.Cl. The van der Waals surface area contributed by atoms with Crippen LogP contribution in [0.3, 0.4) is 0 Å². The van der Waals surface area contributed by atoms with Crippen LogP contribution in [0.2, 0.25) is 0 Å². The summed E-state index contributed by atoms with van der Waals surface area (Å²) in [5, 5.41) is 3.54. The highest BCUT2D eigenvalue weighted by atomic mass is 35.5. The second-order valence-corrected chi connectivity index (χ2v) is 10.5. The Bertz CT molecular complexity index is 915. The van der Waals surface area contributed by atoms with Gasteiger partial charge in [0.05, 0.1) is 15.1 Å². The molecule has 1 saturated heterocycles. The van der Waals surface area contributed by atoms with E-state index in [0.29, 0.717) is 10.2 Å². The van der Waals surface area contributed by atoms with Crippen LogP contribution >= 0.6 is 23.7 Å². The zero-order valence-corrected chi connectivity index (χ0v) is 17.1. The maximum absolute atomic E-state index is 12.8. The van der Waals surface area contributed by atoms with E-state index in [4.69, 9.17) is 0 Å². The molecule has 25 heavy (non-hydrogen) atoms. The largest absolute Gasteiger partial charge is 0.312 e. The first-order valence-corrected chi connectivity index (χ1v) is 10.2. The summed E-state index contributed by atoms with van der Waals surface area (Å²) < 4.78 is 29.0. The van der Waals surface area contributed by atoms with Gasteiger partial charge < -0.3 is 10.3 Å². The summed E-state index contributed by atoms with van der Waals surface area (Å²) in [6, 6.07) is 4.59. The lowest BCUT2D eigenvalue weighted by Gasteiger charge is -2.46. The number of fused-ring (bicyclic) bond motifs is 1. The summed E-state index contributed by atoms with van der Waals surface area (Å²) in [7, 11) is -3.63. The van der Waals surface area contributed by atoms with Crippen LogP contribution in [-0.4, -0.2) is 30.5 Å². The number of rotatable bonds is 3. The number of sulfonamides is 1. The van der Waals surface area contributed by atoms with Crippen LogP contribution in [0.5, 0.6) is 0 Å². The monoisotopic (exact) mass is 405 g/mol. The molecule has 0 aliphatic carbocycles. The molecular formula is C16H24ClN3O3S2. The van der Waals surface area contributed by atoms with Crippen molar-refractivity contribution in [2.75, 3.05) is 0 Å². The smallest absolute Gasteiger partial charge is 0.305 e. The number of aromatic amines is 1. The minimum atomic E-state index is -3.63. The van der Waals surface area contributed by atoms with Crippen molar-refractivity contribution in [3.63, 3.8) is 0 Å². The Morgan fingerprint density at radius 3 is 2.36 bits per heavy atom. The highest BCUT2D eigenvalue weighted by molar-refractivity contribution is 7.89. The van der Waals surface area contributed by atoms with E-state index in [-0.39, 0.29) is 39.3 Å². The predicted octanol–water partition coefficient (Wildman–Crippen LogP) is 2.60. The van der Waals surface area contributed by atoms with Crippen molar-refractivity contribution in [1.29, 1.82) is 0 Å². The van der Waals surface area contributed by atoms with E-state index in [9.17, 15) is 13.2 Å². The van der Waals surface area contributed by atoms with Gasteiger partial charge in [-0.25, -0.2) is 13.1 Å². The van der Waals surface area contributed by atoms with Crippen molar-refractivity contribution in [3.8, 4) is 0 Å². The number of nitrogens with one attached hydrogen (secondary N) is 3. The van der Waals surface area contributed by atoms with Gasteiger partial charge in [-0.2, -0.15) is 0 Å². The first-order valence-electron chi connectivity index (χ1n) is 7.90. The van der Waals surface area contributed by atoms with E-state index < -0.39 is 10.0 Å². The molecule has 6 nitrogen and oxygen atoms in total. The third-order valence-corrected chi connectivity index (χ3v) is 6.58. The minimum absolute atomic E-state index is 0. The van der Waals surface area contributed by atoms with Crippen molar-refractivity contribution in [3.05, 3.63) is 27.9 Å². The Balaban J connectivity index is 0.00000225. The van der Waals surface area contributed by atoms with E-state index in [2.05, 4.69) is 42.7 Å². The third kappa shape index (κ3) is 4.62. The van der Waals surface area contributed by atoms with E-state index in [0.717, 1.165) is 24.2 Å². The molecule has 0 unspecified atom stereocenters. The van der Waals surface area contributed by atoms with Gasteiger partial charge in [0.25, 0.3) is 0 Å². The van der Waals surface area contributed by atoms with E-state index in [1.54, 1.807) is 12.1 Å². The van der Waals surface area contributed by atoms with Crippen LogP contribution < -0.4 is 14.9 Å². The Hall–Kier alpha value is -0.930. The zero-order chi connectivity index (χ0) is 17.8. The molecule has 9 heteroatoms.